The van der Waals surface area contributed by atoms with Crippen LogP contribution in [0.15, 0.2) is 12.2 Å². The van der Waals surface area contributed by atoms with E-state index in [1.54, 1.807) is 0 Å². The third-order valence-electron chi connectivity index (χ3n) is 2.40. The SMILES string of the molecule is CCCCCCC(=O)OCCN(C)C.O=C(O)/C=C/C(=O)O. The number of nitrogens with zero attached hydrogens (tertiary/aromatic N) is 1. The van der Waals surface area contributed by atoms with E-state index < -0.39 is 11.9 Å². The lowest BCUT2D eigenvalue weighted by atomic mass is 10.2. The van der Waals surface area contributed by atoms with Gasteiger partial charge in [-0.2, -0.15) is 0 Å². The van der Waals surface area contributed by atoms with Crippen molar-refractivity contribution in [3.05, 3.63) is 12.2 Å². The molecule has 0 aliphatic carbocycles. The van der Waals surface area contributed by atoms with Gasteiger partial charge in [-0.1, -0.05) is 26.2 Å². The quantitative estimate of drug-likeness (QED) is 0.359. The third kappa shape index (κ3) is 23.2. The summed E-state index contributed by atoms with van der Waals surface area (Å²) >= 11 is 0. The normalized spacial score (nSPS) is 10.2. The lowest BCUT2D eigenvalue weighted by Gasteiger charge is -2.09. The molecule has 7 heteroatoms. The van der Waals surface area contributed by atoms with Crippen molar-refractivity contribution in [2.75, 3.05) is 27.2 Å². The van der Waals surface area contributed by atoms with Gasteiger partial charge in [0, 0.05) is 25.1 Å². The third-order valence-corrected chi connectivity index (χ3v) is 2.40. The molecule has 0 fully saturated rings. The van der Waals surface area contributed by atoms with Crippen molar-refractivity contribution in [1.29, 1.82) is 0 Å². The first-order valence-electron chi connectivity index (χ1n) is 7.23. The zero-order chi connectivity index (χ0) is 17.4. The Morgan fingerprint density at radius 1 is 1.00 bits per heavy atom. The number of carboxylic acid groups (broad SMARTS) is 2. The summed E-state index contributed by atoms with van der Waals surface area (Å²) in [7, 11) is 3.93. The molecule has 0 aliphatic rings. The van der Waals surface area contributed by atoms with Gasteiger partial charge in [-0.15, -0.1) is 0 Å². The van der Waals surface area contributed by atoms with Crippen molar-refractivity contribution < 1.29 is 29.3 Å². The van der Waals surface area contributed by atoms with Crippen LogP contribution in [-0.4, -0.2) is 60.3 Å². The Morgan fingerprint density at radius 3 is 1.95 bits per heavy atom. The van der Waals surface area contributed by atoms with Crippen LogP contribution in [0.4, 0.5) is 0 Å². The van der Waals surface area contributed by atoms with Gasteiger partial charge in [0.1, 0.15) is 6.61 Å². The number of hydrogen-bond acceptors (Lipinski definition) is 5. The monoisotopic (exact) mass is 317 g/mol. The summed E-state index contributed by atoms with van der Waals surface area (Å²) in [6.07, 6.45) is 6.21. The fourth-order valence-electron chi connectivity index (χ4n) is 1.25. The molecule has 2 N–H and O–H groups in total. The number of carboxylic acids is 2. The molecule has 22 heavy (non-hydrogen) atoms. The van der Waals surface area contributed by atoms with E-state index >= 15 is 0 Å². The van der Waals surface area contributed by atoms with Crippen molar-refractivity contribution >= 4 is 17.9 Å². The molecule has 0 rings (SSSR count). The minimum absolute atomic E-state index is 0.0528. The average molecular weight is 317 g/mol. The molecule has 7 nitrogen and oxygen atoms in total. The van der Waals surface area contributed by atoms with Crippen molar-refractivity contribution in [3.8, 4) is 0 Å². The molecule has 0 atom stereocenters. The summed E-state index contributed by atoms with van der Waals surface area (Å²) in [6, 6.07) is 0. The Labute approximate surface area is 131 Å². The van der Waals surface area contributed by atoms with Gasteiger partial charge in [-0.05, 0) is 20.5 Å². The van der Waals surface area contributed by atoms with E-state index in [1.165, 1.54) is 12.8 Å². The van der Waals surface area contributed by atoms with Gasteiger partial charge < -0.3 is 19.8 Å². The molecule has 0 bridgehead atoms. The molecular weight excluding hydrogens is 290 g/mol. The second-order valence-electron chi connectivity index (χ2n) is 4.84. The first kappa shape index (κ1) is 22.4. The number of unbranched alkanes of at least 4 members (excludes halogenated alkanes) is 3. The molecule has 0 aromatic heterocycles. The molecule has 0 aliphatic heterocycles. The minimum Gasteiger partial charge on any atom is -0.478 e. The molecule has 0 unspecified atom stereocenters. The Bertz CT molecular complexity index is 336. The Kier molecular flexibility index (Phi) is 15.8. The van der Waals surface area contributed by atoms with Crippen molar-refractivity contribution in [1.82, 2.24) is 4.90 Å². The van der Waals surface area contributed by atoms with E-state index in [2.05, 4.69) is 6.92 Å². The van der Waals surface area contributed by atoms with Gasteiger partial charge in [0.05, 0.1) is 0 Å². The van der Waals surface area contributed by atoms with E-state index in [-0.39, 0.29) is 5.97 Å². The number of aliphatic carboxylic acids is 2. The summed E-state index contributed by atoms with van der Waals surface area (Å²) in [6.45, 7) is 3.48. The van der Waals surface area contributed by atoms with Crippen LogP contribution >= 0.6 is 0 Å². The number of likely N-dealkylation sites (N-methyl/N-ethyl adjacent to an activating group) is 1. The number of carbonyl (C=O) groups excluding carboxylic acids is 1. The molecule has 0 aromatic carbocycles. The predicted octanol–water partition coefficient (Wildman–Crippen LogP) is 1.77. The minimum atomic E-state index is -1.26. The lowest BCUT2D eigenvalue weighted by Crippen LogP contribution is -2.20. The first-order valence-corrected chi connectivity index (χ1v) is 7.23. The van der Waals surface area contributed by atoms with Crippen LogP contribution < -0.4 is 0 Å². The molecule has 0 saturated carbocycles. The summed E-state index contributed by atoms with van der Waals surface area (Å²) in [5.74, 6) is -2.57. The highest BCUT2D eigenvalue weighted by Gasteiger charge is 2.01. The molecule has 0 amide bonds. The standard InChI is InChI=1S/C11H23NO2.C4H4O4/c1-4-5-6-7-8-11(13)14-10-9-12(2)3;5-3(6)1-2-4(7)8/h4-10H2,1-3H3;1-2H,(H,5,6)(H,7,8)/b;2-1+. The maximum absolute atomic E-state index is 11.1. The molecule has 0 radical (unpaired) electrons. The van der Waals surface area contributed by atoms with Gasteiger partial charge in [-0.3, -0.25) is 4.79 Å². The van der Waals surface area contributed by atoms with Gasteiger partial charge in [0.15, 0.2) is 0 Å². The Hall–Kier alpha value is -1.89. The number of hydrogen-bond donors (Lipinski definition) is 2. The van der Waals surface area contributed by atoms with E-state index in [4.69, 9.17) is 14.9 Å². The average Bonchev–Trinajstić information content (AvgIpc) is 2.42. The molecule has 128 valence electrons. The van der Waals surface area contributed by atoms with Crippen LogP contribution in [0, 0.1) is 0 Å². The number of rotatable bonds is 10. The summed E-state index contributed by atoms with van der Waals surface area (Å²) in [5, 5.41) is 15.6. The topological polar surface area (TPSA) is 104 Å². The fraction of sp³-hybridized carbons (Fsp3) is 0.667. The summed E-state index contributed by atoms with van der Waals surface area (Å²) in [5.41, 5.74) is 0. The Morgan fingerprint density at radius 2 is 1.55 bits per heavy atom. The first-order chi connectivity index (χ1) is 10.3. The second-order valence-corrected chi connectivity index (χ2v) is 4.84. The highest BCUT2D eigenvalue weighted by molar-refractivity contribution is 5.89. The van der Waals surface area contributed by atoms with E-state index in [1.807, 2.05) is 19.0 Å². The van der Waals surface area contributed by atoms with Crippen LogP contribution in [-0.2, 0) is 19.1 Å². The second kappa shape index (κ2) is 15.5. The maximum atomic E-state index is 11.1. The van der Waals surface area contributed by atoms with Crippen molar-refractivity contribution in [2.24, 2.45) is 0 Å². The van der Waals surface area contributed by atoms with Crippen LogP contribution in [0.25, 0.3) is 0 Å². The van der Waals surface area contributed by atoms with Gasteiger partial charge in [0.2, 0.25) is 0 Å². The molecule has 0 saturated heterocycles. The van der Waals surface area contributed by atoms with Crippen LogP contribution in [0.1, 0.15) is 39.0 Å². The van der Waals surface area contributed by atoms with Crippen molar-refractivity contribution in [2.45, 2.75) is 39.0 Å². The molecular formula is C15H27NO6. The van der Waals surface area contributed by atoms with E-state index in [9.17, 15) is 14.4 Å². The van der Waals surface area contributed by atoms with E-state index in [0.717, 1.165) is 19.4 Å². The molecule has 0 aromatic rings. The number of ether oxygens (including phenoxy) is 1. The van der Waals surface area contributed by atoms with Crippen LogP contribution in [0.3, 0.4) is 0 Å². The number of esters is 1. The highest BCUT2D eigenvalue weighted by Crippen LogP contribution is 2.03. The van der Waals surface area contributed by atoms with Gasteiger partial charge in [-0.25, -0.2) is 9.59 Å². The summed E-state index contributed by atoms with van der Waals surface area (Å²) in [4.78, 5) is 32.3. The van der Waals surface area contributed by atoms with Crippen LogP contribution in [0.2, 0.25) is 0 Å². The maximum Gasteiger partial charge on any atom is 0.328 e. The zero-order valence-electron chi connectivity index (χ0n) is 13.6. The highest BCUT2D eigenvalue weighted by atomic mass is 16.5. The predicted molar refractivity (Wildman–Crippen MR) is 82.7 cm³/mol. The largest absolute Gasteiger partial charge is 0.478 e. The van der Waals surface area contributed by atoms with E-state index in [0.29, 0.717) is 25.2 Å². The van der Waals surface area contributed by atoms with Crippen LogP contribution in [0.5, 0.6) is 0 Å². The van der Waals surface area contributed by atoms with Gasteiger partial charge in [0.25, 0.3) is 0 Å². The lowest BCUT2D eigenvalue weighted by molar-refractivity contribution is -0.144. The summed E-state index contributed by atoms with van der Waals surface area (Å²) < 4.78 is 5.05. The fourth-order valence-corrected chi connectivity index (χ4v) is 1.25. The van der Waals surface area contributed by atoms with Crippen molar-refractivity contribution in [3.63, 3.8) is 0 Å². The molecule has 0 spiro atoms. The van der Waals surface area contributed by atoms with Gasteiger partial charge >= 0.3 is 17.9 Å². The smallest absolute Gasteiger partial charge is 0.328 e. The Balaban J connectivity index is 0. The zero-order valence-corrected chi connectivity index (χ0v) is 13.6. The number of carbonyl (C=O) groups is 3. The molecule has 0 heterocycles.